The Labute approximate surface area is 197 Å². The number of hydrogen-bond acceptors (Lipinski definition) is 4. The lowest BCUT2D eigenvalue weighted by Crippen LogP contribution is -2.38. The van der Waals surface area contributed by atoms with E-state index in [0.29, 0.717) is 16.5 Å². The van der Waals surface area contributed by atoms with Crippen molar-refractivity contribution in [3.8, 4) is 27.6 Å². The topological polar surface area (TPSA) is 42.4 Å². The first kappa shape index (κ1) is 20.9. The van der Waals surface area contributed by atoms with E-state index in [-0.39, 0.29) is 29.6 Å². The Kier molecular flexibility index (Phi) is 5.59. The molecule has 5 rings (SSSR count). The van der Waals surface area contributed by atoms with E-state index in [4.69, 9.17) is 32.9 Å². The van der Waals surface area contributed by atoms with Crippen molar-refractivity contribution < 1.29 is 13.9 Å². The van der Waals surface area contributed by atoms with Crippen LogP contribution in [0.1, 0.15) is 5.56 Å². The highest BCUT2D eigenvalue weighted by Crippen LogP contribution is 2.39. The molecule has 0 atom stereocenters. The Hall–Kier alpha value is -2.93. The van der Waals surface area contributed by atoms with Gasteiger partial charge in [0.15, 0.2) is 6.61 Å². The van der Waals surface area contributed by atoms with Crippen molar-refractivity contribution in [3.05, 3.63) is 87.5 Å². The maximum atomic E-state index is 14.4. The molecule has 0 N–H and O–H groups in total. The van der Waals surface area contributed by atoms with Crippen molar-refractivity contribution in [1.29, 1.82) is 0 Å². The summed E-state index contributed by atoms with van der Waals surface area (Å²) in [6, 6.07) is 17.5. The number of ether oxygens (including phenoxy) is 1. The molecule has 0 bridgehead atoms. The van der Waals surface area contributed by atoms with Gasteiger partial charge in [0, 0.05) is 27.1 Å². The monoisotopic (exact) mass is 484 g/mol. The third-order valence-corrected chi connectivity index (χ3v) is 6.74. The van der Waals surface area contributed by atoms with E-state index >= 15 is 0 Å². The highest BCUT2D eigenvalue weighted by molar-refractivity contribution is 7.13. The lowest BCUT2D eigenvalue weighted by molar-refractivity contribution is -0.121. The third-order valence-electron chi connectivity index (χ3n) is 5.18. The third kappa shape index (κ3) is 3.86. The summed E-state index contributed by atoms with van der Waals surface area (Å²) in [5.74, 6) is -0.190. The van der Waals surface area contributed by atoms with Gasteiger partial charge in [-0.1, -0.05) is 47.5 Å². The molecule has 4 aromatic rings. The van der Waals surface area contributed by atoms with Gasteiger partial charge in [-0.3, -0.25) is 4.79 Å². The zero-order chi connectivity index (χ0) is 22.2. The van der Waals surface area contributed by atoms with E-state index in [1.165, 1.54) is 28.4 Å². The first-order valence-electron chi connectivity index (χ1n) is 9.72. The average molecular weight is 485 g/mol. The normalized spacial score (nSPS) is 13.1. The van der Waals surface area contributed by atoms with Gasteiger partial charge in [-0.2, -0.15) is 0 Å². The molecule has 4 nitrogen and oxygen atoms in total. The molecule has 8 heteroatoms. The van der Waals surface area contributed by atoms with Gasteiger partial charge in [-0.25, -0.2) is 9.37 Å². The maximum absolute atomic E-state index is 14.4. The lowest BCUT2D eigenvalue weighted by Gasteiger charge is -2.30. The Morgan fingerprint density at radius 3 is 2.69 bits per heavy atom. The van der Waals surface area contributed by atoms with Crippen LogP contribution in [0.4, 0.5) is 10.1 Å². The molecule has 1 aliphatic heterocycles. The SMILES string of the molecule is O=C1COc2ccc(-c3csc(-c4ccccc4Cl)n3)cc2N1Cc1c(F)cccc1Cl. The molecule has 0 saturated heterocycles. The maximum Gasteiger partial charge on any atom is 0.265 e. The summed E-state index contributed by atoms with van der Waals surface area (Å²) in [6.45, 7) is -0.113. The van der Waals surface area contributed by atoms with Gasteiger partial charge in [0.2, 0.25) is 0 Å². The molecular weight excluding hydrogens is 470 g/mol. The van der Waals surface area contributed by atoms with Crippen LogP contribution in [0.15, 0.2) is 66.0 Å². The van der Waals surface area contributed by atoms with Gasteiger partial charge in [-0.15, -0.1) is 11.3 Å². The highest BCUT2D eigenvalue weighted by atomic mass is 35.5. The molecule has 1 aliphatic rings. The molecule has 160 valence electrons. The molecule has 2 heterocycles. The molecule has 1 amide bonds. The lowest BCUT2D eigenvalue weighted by atomic mass is 10.1. The number of nitrogens with zero attached hydrogens (tertiary/aromatic N) is 2. The fourth-order valence-corrected chi connectivity index (χ4v) is 4.91. The molecule has 0 unspecified atom stereocenters. The summed E-state index contributed by atoms with van der Waals surface area (Å²) >= 11 is 14.0. The second-order valence-electron chi connectivity index (χ2n) is 7.17. The minimum atomic E-state index is -0.460. The van der Waals surface area contributed by atoms with Gasteiger partial charge in [0.05, 0.1) is 22.9 Å². The fraction of sp³-hybridized carbons (Fsp3) is 0.0833. The molecule has 0 saturated carbocycles. The molecule has 3 aromatic carbocycles. The number of thiazole rings is 1. The van der Waals surface area contributed by atoms with Crippen LogP contribution in [0.2, 0.25) is 10.0 Å². The average Bonchev–Trinajstić information content (AvgIpc) is 3.28. The molecule has 0 spiro atoms. The second kappa shape index (κ2) is 8.54. The van der Waals surface area contributed by atoms with Crippen molar-refractivity contribution in [2.24, 2.45) is 0 Å². The number of aromatic nitrogens is 1. The summed E-state index contributed by atoms with van der Waals surface area (Å²) in [5.41, 5.74) is 3.22. The van der Waals surface area contributed by atoms with Crippen LogP contribution in [-0.4, -0.2) is 17.5 Å². The summed E-state index contributed by atoms with van der Waals surface area (Å²) < 4.78 is 20.0. The van der Waals surface area contributed by atoms with Crippen LogP contribution in [0, 0.1) is 5.82 Å². The number of anilines is 1. The standard InChI is InChI=1S/C24H15Cl2FN2O2S/c25-17-5-2-1-4-15(17)24-28-20(13-32-24)14-8-9-22-21(10-14)29(23(30)12-31-22)11-16-18(26)6-3-7-19(16)27/h1-10,13H,11-12H2. The van der Waals surface area contributed by atoms with Crippen molar-refractivity contribution >= 4 is 46.1 Å². The number of carbonyl (C=O) groups is 1. The number of amides is 1. The van der Waals surface area contributed by atoms with Crippen LogP contribution < -0.4 is 9.64 Å². The van der Waals surface area contributed by atoms with E-state index in [1.54, 1.807) is 12.1 Å². The van der Waals surface area contributed by atoms with Gasteiger partial charge >= 0.3 is 0 Å². The van der Waals surface area contributed by atoms with E-state index in [1.807, 2.05) is 41.8 Å². The second-order valence-corrected chi connectivity index (χ2v) is 8.84. The molecule has 0 aliphatic carbocycles. The number of benzene rings is 3. The first-order chi connectivity index (χ1) is 15.5. The first-order valence-corrected chi connectivity index (χ1v) is 11.4. The smallest absolute Gasteiger partial charge is 0.265 e. The summed E-state index contributed by atoms with van der Waals surface area (Å²) in [6.07, 6.45) is 0. The number of carbonyl (C=O) groups excluding carboxylic acids is 1. The zero-order valence-electron chi connectivity index (χ0n) is 16.5. The molecular formula is C24H15Cl2FN2O2S. The van der Waals surface area contributed by atoms with Crippen LogP contribution >= 0.6 is 34.5 Å². The Morgan fingerprint density at radius 1 is 1.06 bits per heavy atom. The molecule has 32 heavy (non-hydrogen) atoms. The predicted molar refractivity (Wildman–Crippen MR) is 126 cm³/mol. The predicted octanol–water partition coefficient (Wildman–Crippen LogP) is 6.85. The summed E-state index contributed by atoms with van der Waals surface area (Å²) in [5, 5.41) is 3.63. The summed E-state index contributed by atoms with van der Waals surface area (Å²) in [7, 11) is 0. The fourth-order valence-electron chi connectivity index (χ4n) is 3.54. The number of fused-ring (bicyclic) bond motifs is 1. The van der Waals surface area contributed by atoms with Crippen LogP contribution in [0.25, 0.3) is 21.8 Å². The van der Waals surface area contributed by atoms with Crippen molar-refractivity contribution in [3.63, 3.8) is 0 Å². The number of rotatable bonds is 4. The summed E-state index contributed by atoms with van der Waals surface area (Å²) in [4.78, 5) is 18.9. The Morgan fingerprint density at radius 2 is 1.88 bits per heavy atom. The van der Waals surface area contributed by atoms with Crippen molar-refractivity contribution in [1.82, 2.24) is 4.98 Å². The Bertz CT molecular complexity index is 1320. The Balaban J connectivity index is 1.52. The van der Waals surface area contributed by atoms with Gasteiger partial charge in [-0.05, 0) is 36.4 Å². The zero-order valence-corrected chi connectivity index (χ0v) is 18.8. The van der Waals surface area contributed by atoms with Crippen molar-refractivity contribution in [2.75, 3.05) is 11.5 Å². The quantitative estimate of drug-likeness (QED) is 0.318. The minimum Gasteiger partial charge on any atom is -0.482 e. The molecule has 0 fully saturated rings. The van der Waals surface area contributed by atoms with E-state index in [9.17, 15) is 9.18 Å². The van der Waals surface area contributed by atoms with Gasteiger partial charge in [0.1, 0.15) is 16.6 Å². The minimum absolute atomic E-state index is 0.00604. The van der Waals surface area contributed by atoms with E-state index < -0.39 is 5.82 Å². The van der Waals surface area contributed by atoms with E-state index in [0.717, 1.165) is 21.8 Å². The van der Waals surface area contributed by atoms with Gasteiger partial charge < -0.3 is 9.64 Å². The number of halogens is 3. The van der Waals surface area contributed by atoms with Crippen molar-refractivity contribution in [2.45, 2.75) is 6.54 Å². The highest BCUT2D eigenvalue weighted by Gasteiger charge is 2.28. The number of hydrogen-bond donors (Lipinski definition) is 0. The van der Waals surface area contributed by atoms with Gasteiger partial charge in [0.25, 0.3) is 5.91 Å². The largest absolute Gasteiger partial charge is 0.482 e. The molecule has 1 aromatic heterocycles. The van der Waals surface area contributed by atoms with Crippen LogP contribution in [-0.2, 0) is 11.3 Å². The molecule has 0 radical (unpaired) electrons. The van der Waals surface area contributed by atoms with Crippen LogP contribution in [0.3, 0.4) is 0 Å². The van der Waals surface area contributed by atoms with E-state index in [2.05, 4.69) is 0 Å². The van der Waals surface area contributed by atoms with Crippen LogP contribution in [0.5, 0.6) is 5.75 Å².